The molecule has 0 atom stereocenters. The van der Waals surface area contributed by atoms with Gasteiger partial charge in [0, 0.05) is 31.7 Å². The average Bonchev–Trinajstić information content (AvgIpc) is 3.16. The molecule has 3 amide bonds. The van der Waals surface area contributed by atoms with Crippen molar-refractivity contribution in [3.05, 3.63) is 18.2 Å². The molecule has 3 rings (SSSR count). The van der Waals surface area contributed by atoms with E-state index in [9.17, 15) is 27.6 Å². The lowest BCUT2D eigenvalue weighted by molar-refractivity contribution is -0.274. The number of halogens is 3. The zero-order valence-electron chi connectivity index (χ0n) is 21.9. The number of thiazole rings is 1. The van der Waals surface area contributed by atoms with Gasteiger partial charge >= 0.3 is 12.5 Å². The number of ether oxygens (including phenoxy) is 2. The molecular formula is C24H32F3N5O5S. The van der Waals surface area contributed by atoms with Crippen LogP contribution >= 0.6 is 11.3 Å². The number of rotatable bonds is 7. The summed E-state index contributed by atoms with van der Waals surface area (Å²) >= 11 is 0.992. The van der Waals surface area contributed by atoms with Gasteiger partial charge in [-0.25, -0.2) is 9.78 Å². The summed E-state index contributed by atoms with van der Waals surface area (Å²) in [7, 11) is 1.50. The molecule has 1 fully saturated rings. The van der Waals surface area contributed by atoms with E-state index in [2.05, 4.69) is 20.4 Å². The Morgan fingerprint density at radius 3 is 2.45 bits per heavy atom. The first-order valence-corrected chi connectivity index (χ1v) is 12.8. The summed E-state index contributed by atoms with van der Waals surface area (Å²) in [5, 5.41) is 6.01. The van der Waals surface area contributed by atoms with E-state index < -0.39 is 17.9 Å². The Bertz CT molecular complexity index is 1170. The molecule has 2 N–H and O–H groups in total. The number of amides is 3. The van der Waals surface area contributed by atoms with E-state index in [4.69, 9.17) is 4.74 Å². The zero-order valence-corrected chi connectivity index (χ0v) is 22.7. The monoisotopic (exact) mass is 559 g/mol. The fraction of sp³-hybridized carbons (Fsp3) is 0.583. The summed E-state index contributed by atoms with van der Waals surface area (Å²) in [4.78, 5) is 44.4. The summed E-state index contributed by atoms with van der Waals surface area (Å²) in [6.45, 7) is 8.20. The van der Waals surface area contributed by atoms with Crippen molar-refractivity contribution in [2.45, 2.75) is 58.0 Å². The third kappa shape index (κ3) is 8.72. The number of likely N-dealkylation sites (N-methyl/N-ethyl adjacent to an activating group) is 1. The van der Waals surface area contributed by atoms with Crippen molar-refractivity contribution >= 4 is 44.6 Å². The Hall–Kier alpha value is -3.13. The Morgan fingerprint density at radius 2 is 1.84 bits per heavy atom. The molecule has 0 spiro atoms. The number of carbonyl (C=O) groups is 3. The van der Waals surface area contributed by atoms with Crippen molar-refractivity contribution in [1.29, 1.82) is 0 Å². The minimum atomic E-state index is -4.81. The molecule has 1 aromatic carbocycles. The van der Waals surface area contributed by atoms with Gasteiger partial charge in [0.05, 0.1) is 23.3 Å². The largest absolute Gasteiger partial charge is 0.573 e. The number of carbonyl (C=O) groups excluding carboxylic acids is 3. The summed E-state index contributed by atoms with van der Waals surface area (Å²) in [5.74, 6) is -1.17. The van der Waals surface area contributed by atoms with Crippen molar-refractivity contribution in [3.8, 4) is 5.75 Å². The van der Waals surface area contributed by atoms with Crippen molar-refractivity contribution in [1.82, 2.24) is 20.1 Å². The van der Waals surface area contributed by atoms with Crippen LogP contribution in [0.1, 0.15) is 40.5 Å². The Balaban J connectivity index is 1.45. The first-order chi connectivity index (χ1) is 17.5. The van der Waals surface area contributed by atoms with Crippen molar-refractivity contribution in [3.63, 3.8) is 0 Å². The number of likely N-dealkylation sites (tertiary alicyclic amines) is 1. The second-order valence-electron chi connectivity index (χ2n) is 10.4. The van der Waals surface area contributed by atoms with Gasteiger partial charge in [0.25, 0.3) is 0 Å². The highest BCUT2D eigenvalue weighted by Crippen LogP contribution is 2.31. The van der Waals surface area contributed by atoms with Crippen LogP contribution < -0.4 is 15.4 Å². The number of alkyl halides is 3. The lowest BCUT2D eigenvalue weighted by Crippen LogP contribution is -2.55. The normalized spacial score (nSPS) is 15.7. The number of hydrogen-bond acceptors (Lipinski definition) is 8. The molecule has 0 unspecified atom stereocenters. The van der Waals surface area contributed by atoms with Crippen molar-refractivity contribution in [2.24, 2.45) is 0 Å². The molecule has 2 heterocycles. The molecule has 210 valence electrons. The standard InChI is InChI=1S/C24H32F3N5O5S/c1-22(2,3)37-21(35)32-10-8-23(4,9-11-32)28-13-19(34)31(5)14-18(33)30-20-29-16-7-6-15(12-17(16)38-20)36-24(25,26)27/h6-7,12,28H,8-11,13-14H2,1-5H3,(H,29,30,33). The Labute approximate surface area is 222 Å². The van der Waals surface area contributed by atoms with E-state index in [1.54, 1.807) is 4.90 Å². The molecule has 38 heavy (non-hydrogen) atoms. The zero-order chi connectivity index (χ0) is 28.3. The molecule has 1 aliphatic heterocycles. The topological polar surface area (TPSA) is 113 Å². The molecule has 0 saturated carbocycles. The van der Waals surface area contributed by atoms with Crippen molar-refractivity contribution in [2.75, 3.05) is 38.5 Å². The number of benzene rings is 1. The average molecular weight is 560 g/mol. The number of nitrogens with one attached hydrogen (secondary N) is 2. The van der Waals surface area contributed by atoms with E-state index in [0.29, 0.717) is 36.1 Å². The number of hydrogen-bond donors (Lipinski definition) is 2. The van der Waals surface area contributed by atoms with Crippen LogP contribution in [-0.4, -0.2) is 83.4 Å². The second kappa shape index (κ2) is 11.3. The third-order valence-electron chi connectivity index (χ3n) is 5.83. The maximum atomic E-state index is 12.6. The Morgan fingerprint density at radius 1 is 1.18 bits per heavy atom. The van der Waals surface area contributed by atoms with E-state index in [0.717, 1.165) is 17.4 Å². The number of fused-ring (bicyclic) bond motifs is 1. The van der Waals surface area contributed by atoms with E-state index in [1.807, 2.05) is 27.7 Å². The van der Waals surface area contributed by atoms with Crippen LogP contribution in [0, 0.1) is 0 Å². The van der Waals surface area contributed by atoms with E-state index >= 15 is 0 Å². The van der Waals surface area contributed by atoms with Crippen LogP contribution in [0.2, 0.25) is 0 Å². The predicted octanol–water partition coefficient (Wildman–Crippen LogP) is 3.97. The van der Waals surface area contributed by atoms with Crippen LogP contribution in [0.15, 0.2) is 18.2 Å². The van der Waals surface area contributed by atoms with Gasteiger partial charge in [-0.1, -0.05) is 11.3 Å². The fourth-order valence-electron chi connectivity index (χ4n) is 3.73. The number of piperidine rings is 1. The summed E-state index contributed by atoms with van der Waals surface area (Å²) in [6.07, 6.45) is -3.89. The first-order valence-electron chi connectivity index (χ1n) is 12.0. The molecule has 14 heteroatoms. The number of aromatic nitrogens is 1. The maximum absolute atomic E-state index is 12.6. The summed E-state index contributed by atoms with van der Waals surface area (Å²) < 4.78 is 47.0. The highest BCUT2D eigenvalue weighted by Gasteiger charge is 2.34. The van der Waals surface area contributed by atoms with Crippen LogP contribution in [0.5, 0.6) is 5.75 Å². The second-order valence-corrected chi connectivity index (χ2v) is 11.4. The molecular weight excluding hydrogens is 527 g/mol. The molecule has 1 aromatic heterocycles. The van der Waals surface area contributed by atoms with Crippen molar-refractivity contribution < 1.29 is 37.0 Å². The lowest BCUT2D eigenvalue weighted by Gasteiger charge is -2.40. The maximum Gasteiger partial charge on any atom is 0.573 e. The van der Waals surface area contributed by atoms with Crippen LogP contribution in [-0.2, 0) is 14.3 Å². The van der Waals surface area contributed by atoms with Crippen LogP contribution in [0.25, 0.3) is 10.2 Å². The molecule has 2 aromatic rings. The third-order valence-corrected chi connectivity index (χ3v) is 6.77. The molecule has 0 bridgehead atoms. The fourth-order valence-corrected chi connectivity index (χ4v) is 4.64. The molecule has 1 saturated heterocycles. The first kappa shape index (κ1) is 29.4. The minimum absolute atomic E-state index is 0.00976. The molecule has 0 radical (unpaired) electrons. The predicted molar refractivity (Wildman–Crippen MR) is 136 cm³/mol. The van der Waals surface area contributed by atoms with Gasteiger partial charge in [0.2, 0.25) is 11.8 Å². The summed E-state index contributed by atoms with van der Waals surface area (Å²) in [6, 6.07) is 3.70. The Kier molecular flexibility index (Phi) is 8.76. The highest BCUT2D eigenvalue weighted by atomic mass is 32.1. The molecule has 1 aliphatic rings. The highest BCUT2D eigenvalue weighted by molar-refractivity contribution is 7.22. The quantitative estimate of drug-likeness (QED) is 0.528. The van der Waals surface area contributed by atoms with Gasteiger partial charge in [-0.3, -0.25) is 9.59 Å². The van der Waals surface area contributed by atoms with Gasteiger partial charge in [-0.2, -0.15) is 0 Å². The smallest absolute Gasteiger partial charge is 0.444 e. The van der Waals surface area contributed by atoms with Gasteiger partial charge in [-0.15, -0.1) is 13.2 Å². The van der Waals surface area contributed by atoms with Gasteiger partial charge in [0.15, 0.2) is 5.13 Å². The molecule has 0 aliphatic carbocycles. The lowest BCUT2D eigenvalue weighted by atomic mass is 9.89. The van der Waals surface area contributed by atoms with Gasteiger partial charge < -0.3 is 29.9 Å². The van der Waals surface area contributed by atoms with E-state index in [-0.39, 0.29) is 41.5 Å². The number of nitrogens with zero attached hydrogens (tertiary/aromatic N) is 3. The molecule has 10 nitrogen and oxygen atoms in total. The van der Waals surface area contributed by atoms with Gasteiger partial charge in [0.1, 0.15) is 11.4 Å². The van der Waals surface area contributed by atoms with Gasteiger partial charge in [-0.05, 0) is 52.7 Å². The SMILES string of the molecule is CN(CC(=O)Nc1nc2ccc(OC(F)(F)F)cc2s1)C(=O)CNC1(C)CCN(C(=O)OC(C)(C)C)CC1. The summed E-state index contributed by atoms with van der Waals surface area (Å²) in [5.41, 5.74) is -0.520. The van der Waals surface area contributed by atoms with E-state index in [1.165, 1.54) is 24.1 Å². The van der Waals surface area contributed by atoms with Crippen LogP contribution in [0.3, 0.4) is 0 Å². The number of anilines is 1. The minimum Gasteiger partial charge on any atom is -0.444 e. The van der Waals surface area contributed by atoms with Crippen LogP contribution in [0.4, 0.5) is 23.1 Å².